The lowest BCUT2D eigenvalue weighted by Crippen LogP contribution is -2.38. The smallest absolute Gasteiger partial charge is 0.242 e. The van der Waals surface area contributed by atoms with Crippen molar-refractivity contribution in [2.45, 2.75) is 45.2 Å². The minimum atomic E-state index is -0.367. The maximum Gasteiger partial charge on any atom is 0.242 e. The Labute approximate surface area is 172 Å². The molecule has 1 amide bonds. The molecule has 0 aliphatic carbocycles. The fraction of sp³-hybridized carbons (Fsp3) is 0.400. The van der Waals surface area contributed by atoms with Crippen LogP contribution < -0.4 is 10.6 Å². The molecule has 4 aromatic rings. The summed E-state index contributed by atoms with van der Waals surface area (Å²) >= 11 is 0. The molecule has 1 aliphatic rings. The summed E-state index contributed by atoms with van der Waals surface area (Å²) in [6, 6.07) is 3.59. The van der Waals surface area contributed by atoms with Crippen molar-refractivity contribution in [3.05, 3.63) is 30.7 Å². The van der Waals surface area contributed by atoms with Gasteiger partial charge in [-0.3, -0.25) is 14.5 Å². The predicted octanol–water partition coefficient (Wildman–Crippen LogP) is 2.20. The summed E-state index contributed by atoms with van der Waals surface area (Å²) in [5, 5.41) is 15.3. The number of pyridine rings is 1. The third-order valence-corrected chi connectivity index (χ3v) is 5.26. The first-order valence-corrected chi connectivity index (χ1v) is 10.2. The third kappa shape index (κ3) is 3.23. The van der Waals surface area contributed by atoms with E-state index in [1.165, 1.54) is 0 Å². The molecule has 10 nitrogen and oxygen atoms in total. The fourth-order valence-electron chi connectivity index (χ4n) is 3.62. The second-order valence-corrected chi connectivity index (χ2v) is 7.76. The van der Waals surface area contributed by atoms with Crippen LogP contribution in [0.25, 0.3) is 28.1 Å². The topological polar surface area (TPSA) is 115 Å². The summed E-state index contributed by atoms with van der Waals surface area (Å²) in [5.41, 5.74) is 2.75. The van der Waals surface area contributed by atoms with Crippen molar-refractivity contribution in [1.82, 2.24) is 39.7 Å². The van der Waals surface area contributed by atoms with Crippen molar-refractivity contribution >= 4 is 28.5 Å². The summed E-state index contributed by atoms with van der Waals surface area (Å²) in [6.45, 7) is 4.83. The van der Waals surface area contributed by atoms with E-state index in [1.807, 2.05) is 23.0 Å². The molecule has 0 aromatic carbocycles. The van der Waals surface area contributed by atoms with Crippen LogP contribution in [0.4, 0.5) is 5.95 Å². The Morgan fingerprint density at radius 2 is 2.17 bits per heavy atom. The van der Waals surface area contributed by atoms with E-state index < -0.39 is 0 Å². The minimum Gasteiger partial charge on any atom is -0.354 e. The lowest BCUT2D eigenvalue weighted by Gasteiger charge is -2.16. The number of rotatable bonds is 4. The molecule has 5 rings (SSSR count). The molecule has 1 fully saturated rings. The van der Waals surface area contributed by atoms with E-state index in [4.69, 9.17) is 4.98 Å². The van der Waals surface area contributed by atoms with Crippen molar-refractivity contribution in [2.24, 2.45) is 0 Å². The maximum atomic E-state index is 12.4. The van der Waals surface area contributed by atoms with Crippen LogP contribution in [0.2, 0.25) is 0 Å². The van der Waals surface area contributed by atoms with Gasteiger partial charge in [0.05, 0.1) is 17.3 Å². The zero-order chi connectivity index (χ0) is 20.7. The van der Waals surface area contributed by atoms with Gasteiger partial charge in [-0.1, -0.05) is 0 Å². The highest BCUT2D eigenvalue weighted by Crippen LogP contribution is 2.24. The van der Waals surface area contributed by atoms with Gasteiger partial charge in [0.2, 0.25) is 11.9 Å². The number of fused-ring (bicyclic) bond motifs is 3. The molecule has 1 aliphatic heterocycles. The van der Waals surface area contributed by atoms with Crippen molar-refractivity contribution in [3.8, 4) is 11.4 Å². The van der Waals surface area contributed by atoms with Crippen molar-refractivity contribution in [2.75, 3.05) is 11.9 Å². The number of carbonyl (C=O) groups excluding carboxylic acids is 1. The Bertz CT molecular complexity index is 1230. The zero-order valence-corrected chi connectivity index (χ0v) is 16.9. The summed E-state index contributed by atoms with van der Waals surface area (Å²) in [5.74, 6) is 0.991. The quantitative estimate of drug-likeness (QED) is 0.535. The molecule has 1 atom stereocenters. The lowest BCUT2D eigenvalue weighted by atomic mass is 10.1. The van der Waals surface area contributed by atoms with Crippen LogP contribution in [0, 0.1) is 0 Å². The van der Waals surface area contributed by atoms with Crippen LogP contribution >= 0.6 is 0 Å². The van der Waals surface area contributed by atoms with Crippen LogP contribution in [-0.4, -0.2) is 52.8 Å². The van der Waals surface area contributed by atoms with E-state index >= 15 is 0 Å². The van der Waals surface area contributed by atoms with Crippen LogP contribution in [0.15, 0.2) is 30.7 Å². The molecule has 5 heterocycles. The molecule has 0 radical (unpaired) electrons. The fourth-order valence-corrected chi connectivity index (χ4v) is 3.62. The standard InChI is InChI=1S/C20H23N9O/c1-12(2)28-11-13(10-23-28)17-26-18-16-14(7-5-9-21-16)24-20(29(18)27-17)25-15-6-3-4-8-22-19(15)30/h5,7,9-12,15H,3-4,6,8H2,1-2H3,(H,22,30)(H,24,25)/t15-/m1/s1. The molecule has 30 heavy (non-hydrogen) atoms. The van der Waals surface area contributed by atoms with Gasteiger partial charge in [0, 0.05) is 25.0 Å². The van der Waals surface area contributed by atoms with Crippen LogP contribution in [0.5, 0.6) is 0 Å². The first-order valence-electron chi connectivity index (χ1n) is 10.2. The highest BCUT2D eigenvalue weighted by atomic mass is 16.2. The number of carbonyl (C=O) groups is 1. The third-order valence-electron chi connectivity index (χ3n) is 5.26. The van der Waals surface area contributed by atoms with Gasteiger partial charge in [-0.25, -0.2) is 9.97 Å². The highest BCUT2D eigenvalue weighted by Gasteiger charge is 2.24. The van der Waals surface area contributed by atoms with Gasteiger partial charge in [-0.15, -0.1) is 5.10 Å². The number of anilines is 1. The average molecular weight is 405 g/mol. The molecular formula is C20H23N9O. The molecule has 154 valence electrons. The SMILES string of the molecule is CC(C)n1cc(-c2nc3c4ncccc4nc(N[C@@H]4CCCCNC4=O)n3n2)cn1. The van der Waals surface area contributed by atoms with E-state index in [9.17, 15) is 4.79 Å². The van der Waals surface area contributed by atoms with Gasteiger partial charge in [-0.2, -0.15) is 9.61 Å². The molecule has 1 saturated heterocycles. The van der Waals surface area contributed by atoms with E-state index in [2.05, 4.69) is 44.6 Å². The summed E-state index contributed by atoms with van der Waals surface area (Å²) in [7, 11) is 0. The van der Waals surface area contributed by atoms with Crippen molar-refractivity contribution < 1.29 is 4.79 Å². The average Bonchev–Trinajstić information content (AvgIpc) is 3.36. The zero-order valence-electron chi connectivity index (χ0n) is 16.9. The largest absolute Gasteiger partial charge is 0.354 e. The second kappa shape index (κ2) is 7.36. The van der Waals surface area contributed by atoms with Crippen molar-refractivity contribution in [1.29, 1.82) is 0 Å². The molecule has 4 aromatic heterocycles. The number of nitrogens with zero attached hydrogens (tertiary/aromatic N) is 7. The molecule has 0 bridgehead atoms. The summed E-state index contributed by atoms with van der Waals surface area (Å²) in [6.07, 6.45) is 8.06. The monoisotopic (exact) mass is 405 g/mol. The molecule has 0 spiro atoms. The van der Waals surface area contributed by atoms with Gasteiger partial charge in [-0.05, 0) is 45.2 Å². The van der Waals surface area contributed by atoms with Crippen molar-refractivity contribution in [3.63, 3.8) is 0 Å². The Balaban J connectivity index is 1.63. The molecule has 0 saturated carbocycles. The normalized spacial score (nSPS) is 17.4. The Morgan fingerprint density at radius 1 is 1.27 bits per heavy atom. The number of hydrogen-bond donors (Lipinski definition) is 2. The van der Waals surface area contributed by atoms with Crippen LogP contribution in [0.1, 0.15) is 39.2 Å². The summed E-state index contributed by atoms with van der Waals surface area (Å²) < 4.78 is 3.50. The predicted molar refractivity (Wildman–Crippen MR) is 112 cm³/mol. The number of hydrogen-bond acceptors (Lipinski definition) is 7. The molecule has 10 heteroatoms. The first-order chi connectivity index (χ1) is 14.6. The van der Waals surface area contributed by atoms with E-state index in [0.29, 0.717) is 35.0 Å². The van der Waals surface area contributed by atoms with Gasteiger partial charge in [0.25, 0.3) is 0 Å². The number of aromatic nitrogens is 7. The number of amides is 1. The van der Waals surface area contributed by atoms with Gasteiger partial charge < -0.3 is 10.6 Å². The molecule has 2 N–H and O–H groups in total. The Kier molecular flexibility index (Phi) is 4.53. The Morgan fingerprint density at radius 3 is 3.00 bits per heavy atom. The lowest BCUT2D eigenvalue weighted by molar-refractivity contribution is -0.121. The van der Waals surface area contributed by atoms with Gasteiger partial charge in [0.15, 0.2) is 11.5 Å². The van der Waals surface area contributed by atoms with Crippen LogP contribution in [0.3, 0.4) is 0 Å². The van der Waals surface area contributed by atoms with Gasteiger partial charge >= 0.3 is 0 Å². The highest BCUT2D eigenvalue weighted by molar-refractivity contribution is 5.90. The molecule has 0 unspecified atom stereocenters. The van der Waals surface area contributed by atoms with Crippen LogP contribution in [-0.2, 0) is 4.79 Å². The maximum absolute atomic E-state index is 12.4. The van der Waals surface area contributed by atoms with Gasteiger partial charge in [0.1, 0.15) is 11.6 Å². The van der Waals surface area contributed by atoms with E-state index in [-0.39, 0.29) is 18.0 Å². The Hall–Kier alpha value is -3.56. The number of nitrogens with one attached hydrogen (secondary N) is 2. The second-order valence-electron chi connectivity index (χ2n) is 7.76. The molecular weight excluding hydrogens is 382 g/mol. The first kappa shape index (κ1) is 18.5. The van der Waals surface area contributed by atoms with E-state index in [1.54, 1.807) is 16.9 Å². The van der Waals surface area contributed by atoms with E-state index in [0.717, 1.165) is 24.8 Å². The minimum absolute atomic E-state index is 0.0210. The summed E-state index contributed by atoms with van der Waals surface area (Å²) in [4.78, 5) is 26.3.